The van der Waals surface area contributed by atoms with E-state index in [0.29, 0.717) is 11.3 Å². The Bertz CT molecular complexity index is 712. The summed E-state index contributed by atoms with van der Waals surface area (Å²) in [6.07, 6.45) is 0. The van der Waals surface area contributed by atoms with Gasteiger partial charge in [-0.3, -0.25) is 0 Å². The van der Waals surface area contributed by atoms with Gasteiger partial charge in [0, 0.05) is 4.47 Å². The first-order valence-electron chi connectivity index (χ1n) is 6.46. The summed E-state index contributed by atoms with van der Waals surface area (Å²) in [6.45, 7) is 6.04. The Labute approximate surface area is 132 Å². The van der Waals surface area contributed by atoms with Gasteiger partial charge in [-0.25, -0.2) is 0 Å². The fourth-order valence-corrected chi connectivity index (χ4v) is 2.40. The van der Waals surface area contributed by atoms with Gasteiger partial charge in [0.1, 0.15) is 11.5 Å². The summed E-state index contributed by atoms with van der Waals surface area (Å²) < 4.78 is 6.86. The summed E-state index contributed by atoms with van der Waals surface area (Å²) >= 11 is 3.37. The Morgan fingerprint density at radius 1 is 1.14 bits per heavy atom. The van der Waals surface area contributed by atoms with Crippen LogP contribution in [0.25, 0.3) is 0 Å². The lowest BCUT2D eigenvalue weighted by Crippen LogP contribution is -2.14. The first-order chi connectivity index (χ1) is 9.93. The van der Waals surface area contributed by atoms with Gasteiger partial charge in [0.05, 0.1) is 5.56 Å². The lowest BCUT2D eigenvalue weighted by Gasteiger charge is -2.16. The molecule has 0 amide bonds. The molecule has 0 heterocycles. The molecule has 2 rings (SSSR count). The van der Waals surface area contributed by atoms with Crippen molar-refractivity contribution in [3.05, 3.63) is 57.1 Å². The molecule has 21 heavy (non-hydrogen) atoms. The lowest BCUT2D eigenvalue weighted by molar-refractivity contribution is 0.318. The Morgan fingerprint density at radius 2 is 1.81 bits per heavy atom. The van der Waals surface area contributed by atoms with Crippen molar-refractivity contribution in [1.29, 1.82) is 0 Å². The van der Waals surface area contributed by atoms with Crippen LogP contribution in [0.4, 0.5) is 0 Å². The number of oxime groups is 1. The fraction of sp³-hybridized carbons (Fsp3) is 0.188. The van der Waals surface area contributed by atoms with Gasteiger partial charge in [-0.1, -0.05) is 33.2 Å². The zero-order valence-corrected chi connectivity index (χ0v) is 13.7. The average molecular weight is 349 g/mol. The van der Waals surface area contributed by atoms with Crippen molar-refractivity contribution in [3.8, 4) is 11.5 Å². The van der Waals surface area contributed by atoms with Crippen LogP contribution in [0, 0.1) is 20.8 Å². The van der Waals surface area contributed by atoms with Crippen molar-refractivity contribution in [2.45, 2.75) is 20.8 Å². The van der Waals surface area contributed by atoms with Gasteiger partial charge >= 0.3 is 0 Å². The summed E-state index contributed by atoms with van der Waals surface area (Å²) in [6, 6.07) is 9.47. The molecule has 3 N–H and O–H groups in total. The molecule has 0 bridgehead atoms. The molecule has 0 radical (unpaired) electrons. The highest BCUT2D eigenvalue weighted by Crippen LogP contribution is 2.33. The van der Waals surface area contributed by atoms with Gasteiger partial charge in [-0.15, -0.1) is 0 Å². The highest BCUT2D eigenvalue weighted by Gasteiger charge is 2.13. The number of hydrogen-bond donors (Lipinski definition) is 2. The minimum absolute atomic E-state index is 0.00857. The molecule has 0 aromatic heterocycles. The van der Waals surface area contributed by atoms with E-state index in [0.717, 1.165) is 26.9 Å². The van der Waals surface area contributed by atoms with Crippen LogP contribution >= 0.6 is 15.9 Å². The van der Waals surface area contributed by atoms with Crippen LogP contribution in [-0.2, 0) is 0 Å². The number of nitrogens with two attached hydrogens (primary N) is 1. The zero-order chi connectivity index (χ0) is 15.6. The van der Waals surface area contributed by atoms with Gasteiger partial charge in [-0.05, 0) is 55.7 Å². The van der Waals surface area contributed by atoms with Crippen molar-refractivity contribution < 1.29 is 9.94 Å². The largest absolute Gasteiger partial charge is 0.456 e. The molecule has 0 aliphatic rings. The maximum atomic E-state index is 8.92. The predicted molar refractivity (Wildman–Crippen MR) is 87.4 cm³/mol. The maximum absolute atomic E-state index is 8.92. The monoisotopic (exact) mass is 348 g/mol. The van der Waals surface area contributed by atoms with Crippen molar-refractivity contribution in [1.82, 2.24) is 0 Å². The maximum Gasteiger partial charge on any atom is 0.173 e. The second kappa shape index (κ2) is 6.18. The molecule has 4 nitrogen and oxygen atoms in total. The predicted octanol–water partition coefficient (Wildman–Crippen LogP) is 4.26. The minimum atomic E-state index is 0.00857. The van der Waals surface area contributed by atoms with E-state index in [-0.39, 0.29) is 5.84 Å². The quantitative estimate of drug-likeness (QED) is 0.377. The number of aryl methyl sites for hydroxylation is 2. The summed E-state index contributed by atoms with van der Waals surface area (Å²) in [7, 11) is 0. The van der Waals surface area contributed by atoms with Gasteiger partial charge < -0.3 is 15.7 Å². The van der Waals surface area contributed by atoms with Crippen molar-refractivity contribution in [2.24, 2.45) is 10.9 Å². The van der Waals surface area contributed by atoms with E-state index < -0.39 is 0 Å². The SMILES string of the molecule is Cc1ccc(C)c(Oc2ccc(Br)cc2/C(N)=N/O)c1C. The minimum Gasteiger partial charge on any atom is -0.456 e. The number of hydrogen-bond acceptors (Lipinski definition) is 3. The van der Waals surface area contributed by atoms with Crippen molar-refractivity contribution in [3.63, 3.8) is 0 Å². The number of rotatable bonds is 3. The Hall–Kier alpha value is -2.01. The number of nitrogens with zero attached hydrogens (tertiary/aromatic N) is 1. The Kier molecular flexibility index (Phi) is 4.53. The number of halogens is 1. The zero-order valence-electron chi connectivity index (χ0n) is 12.1. The van der Waals surface area contributed by atoms with Gasteiger partial charge in [-0.2, -0.15) is 0 Å². The third-order valence-electron chi connectivity index (χ3n) is 3.41. The molecule has 5 heteroatoms. The van der Waals surface area contributed by atoms with E-state index in [1.54, 1.807) is 12.1 Å². The molecule has 2 aromatic rings. The second-order valence-electron chi connectivity index (χ2n) is 4.88. The Balaban J connectivity index is 2.53. The number of ether oxygens (including phenoxy) is 1. The second-order valence-corrected chi connectivity index (χ2v) is 5.80. The summed E-state index contributed by atoms with van der Waals surface area (Å²) in [4.78, 5) is 0. The molecule has 0 saturated heterocycles. The van der Waals surface area contributed by atoms with Crippen molar-refractivity contribution in [2.75, 3.05) is 0 Å². The smallest absolute Gasteiger partial charge is 0.173 e. The van der Waals surface area contributed by atoms with Gasteiger partial charge in [0.15, 0.2) is 5.84 Å². The standard InChI is InChI=1S/C16H17BrN2O2/c1-9-4-5-10(2)15(11(9)3)21-14-7-6-12(17)8-13(14)16(18)19-20/h4-8,20H,1-3H3,(H2,18,19). The van der Waals surface area contributed by atoms with Crippen LogP contribution in [0.1, 0.15) is 22.3 Å². The first-order valence-corrected chi connectivity index (χ1v) is 7.25. The molecule has 2 aromatic carbocycles. The Morgan fingerprint density at radius 3 is 2.48 bits per heavy atom. The molecule has 0 aliphatic carbocycles. The fourth-order valence-electron chi connectivity index (χ4n) is 2.04. The molecule has 0 atom stereocenters. The van der Waals surface area contributed by atoms with E-state index in [1.807, 2.05) is 32.9 Å². The van der Waals surface area contributed by atoms with Crippen LogP contribution in [0.5, 0.6) is 11.5 Å². The molecule has 110 valence electrons. The van der Waals surface area contributed by atoms with E-state index in [9.17, 15) is 0 Å². The number of amidine groups is 1. The molecular formula is C16H17BrN2O2. The summed E-state index contributed by atoms with van der Waals surface area (Å²) in [5.41, 5.74) is 9.51. The molecule has 0 saturated carbocycles. The number of benzene rings is 2. The van der Waals surface area contributed by atoms with Crippen LogP contribution in [0.2, 0.25) is 0 Å². The normalized spacial score (nSPS) is 11.5. The van der Waals surface area contributed by atoms with Crippen LogP contribution in [-0.4, -0.2) is 11.0 Å². The molecule has 0 aliphatic heterocycles. The van der Waals surface area contributed by atoms with E-state index in [4.69, 9.17) is 15.7 Å². The molecule has 0 spiro atoms. The third kappa shape index (κ3) is 3.19. The summed E-state index contributed by atoms with van der Waals surface area (Å²) in [5.74, 6) is 1.35. The van der Waals surface area contributed by atoms with Gasteiger partial charge in [0.2, 0.25) is 0 Å². The lowest BCUT2D eigenvalue weighted by atomic mass is 10.1. The summed E-state index contributed by atoms with van der Waals surface area (Å²) in [5, 5.41) is 12.0. The molecule has 0 unspecified atom stereocenters. The van der Waals surface area contributed by atoms with Crippen LogP contribution in [0.3, 0.4) is 0 Å². The van der Waals surface area contributed by atoms with Crippen LogP contribution < -0.4 is 10.5 Å². The van der Waals surface area contributed by atoms with E-state index >= 15 is 0 Å². The highest BCUT2D eigenvalue weighted by atomic mass is 79.9. The highest BCUT2D eigenvalue weighted by molar-refractivity contribution is 9.10. The first kappa shape index (κ1) is 15.4. The third-order valence-corrected chi connectivity index (χ3v) is 3.90. The van der Waals surface area contributed by atoms with Crippen molar-refractivity contribution >= 4 is 21.8 Å². The topological polar surface area (TPSA) is 67.8 Å². The molecular weight excluding hydrogens is 332 g/mol. The average Bonchev–Trinajstić information content (AvgIpc) is 2.48. The molecule has 0 fully saturated rings. The van der Waals surface area contributed by atoms with E-state index in [1.165, 1.54) is 0 Å². The van der Waals surface area contributed by atoms with Gasteiger partial charge in [0.25, 0.3) is 0 Å². The van der Waals surface area contributed by atoms with E-state index in [2.05, 4.69) is 27.2 Å². The van der Waals surface area contributed by atoms with Crippen LogP contribution in [0.15, 0.2) is 40.0 Å².